The summed E-state index contributed by atoms with van der Waals surface area (Å²) in [4.78, 5) is 12.2. The molecule has 0 heterocycles. The number of anilines is 1. The molecule has 0 unspecified atom stereocenters. The van der Waals surface area contributed by atoms with E-state index in [1.807, 2.05) is 55.5 Å². The van der Waals surface area contributed by atoms with Gasteiger partial charge in [0.05, 0.1) is 6.61 Å². The summed E-state index contributed by atoms with van der Waals surface area (Å²) in [6, 6.07) is 15.1. The van der Waals surface area contributed by atoms with E-state index >= 15 is 0 Å². The molecule has 0 atom stereocenters. The van der Waals surface area contributed by atoms with Crippen molar-refractivity contribution in [3.05, 3.63) is 59.7 Å². The van der Waals surface area contributed by atoms with Crippen LogP contribution in [0.15, 0.2) is 48.5 Å². The minimum atomic E-state index is -0.0882. The molecule has 0 aliphatic heterocycles. The minimum Gasteiger partial charge on any atom is -0.494 e. The Labute approximate surface area is 132 Å². The van der Waals surface area contributed by atoms with Gasteiger partial charge in [0.15, 0.2) is 0 Å². The molecule has 2 rings (SSSR count). The Morgan fingerprint density at radius 1 is 1.05 bits per heavy atom. The van der Waals surface area contributed by atoms with Crippen LogP contribution in [0.1, 0.15) is 42.1 Å². The van der Waals surface area contributed by atoms with E-state index in [0.29, 0.717) is 5.56 Å². The number of benzene rings is 2. The van der Waals surface area contributed by atoms with Crippen molar-refractivity contribution >= 4 is 11.6 Å². The lowest BCUT2D eigenvalue weighted by atomic mass is 10.1. The molecule has 0 spiro atoms. The molecule has 2 aromatic carbocycles. The molecule has 0 bridgehead atoms. The zero-order valence-corrected chi connectivity index (χ0v) is 13.3. The molecule has 0 saturated carbocycles. The molecule has 3 nitrogen and oxygen atoms in total. The summed E-state index contributed by atoms with van der Waals surface area (Å²) >= 11 is 0. The zero-order valence-electron chi connectivity index (χ0n) is 13.3. The van der Waals surface area contributed by atoms with Crippen LogP contribution >= 0.6 is 0 Å². The highest BCUT2D eigenvalue weighted by molar-refractivity contribution is 6.05. The van der Waals surface area contributed by atoms with Gasteiger partial charge in [-0.1, -0.05) is 38.0 Å². The first-order valence-electron chi connectivity index (χ1n) is 7.80. The molecule has 22 heavy (non-hydrogen) atoms. The van der Waals surface area contributed by atoms with Crippen molar-refractivity contribution in [3.8, 4) is 5.75 Å². The average molecular weight is 297 g/mol. The van der Waals surface area contributed by atoms with Gasteiger partial charge < -0.3 is 10.1 Å². The Balaban J connectivity index is 1.91. The molecular weight excluding hydrogens is 274 g/mol. The summed E-state index contributed by atoms with van der Waals surface area (Å²) in [5.74, 6) is 0.750. The van der Waals surface area contributed by atoms with Crippen LogP contribution in [0, 0.1) is 6.92 Å². The van der Waals surface area contributed by atoms with Gasteiger partial charge in [-0.25, -0.2) is 0 Å². The van der Waals surface area contributed by atoms with Crippen LogP contribution in [0.3, 0.4) is 0 Å². The predicted octanol–water partition coefficient (Wildman–Crippen LogP) is 4.82. The second-order valence-electron chi connectivity index (χ2n) is 5.35. The zero-order chi connectivity index (χ0) is 15.8. The van der Waals surface area contributed by atoms with Gasteiger partial charge in [0.25, 0.3) is 5.91 Å². The quantitative estimate of drug-likeness (QED) is 0.744. The highest BCUT2D eigenvalue weighted by Crippen LogP contribution is 2.17. The molecule has 0 saturated heterocycles. The third-order valence-corrected chi connectivity index (χ3v) is 3.52. The number of rotatable bonds is 7. The standard InChI is InChI=1S/C19H23NO2/c1-3-4-7-14-22-17-12-10-16(11-13-17)20-19(21)18-9-6-5-8-15(18)2/h5-6,8-13H,3-4,7,14H2,1-2H3,(H,20,21). The Hall–Kier alpha value is -2.29. The van der Waals surface area contributed by atoms with E-state index in [1.54, 1.807) is 0 Å². The fourth-order valence-electron chi connectivity index (χ4n) is 2.20. The number of carbonyl (C=O) groups is 1. The highest BCUT2D eigenvalue weighted by Gasteiger charge is 2.08. The molecule has 0 fully saturated rings. The molecule has 0 aliphatic carbocycles. The molecule has 1 amide bonds. The Morgan fingerprint density at radius 2 is 1.77 bits per heavy atom. The number of hydrogen-bond donors (Lipinski definition) is 1. The van der Waals surface area contributed by atoms with E-state index in [9.17, 15) is 4.79 Å². The van der Waals surface area contributed by atoms with E-state index in [1.165, 1.54) is 12.8 Å². The molecular formula is C19H23NO2. The maximum atomic E-state index is 12.2. The SMILES string of the molecule is CCCCCOc1ccc(NC(=O)c2ccccc2C)cc1. The van der Waals surface area contributed by atoms with E-state index in [4.69, 9.17) is 4.74 Å². The van der Waals surface area contributed by atoms with Crippen molar-refractivity contribution in [2.24, 2.45) is 0 Å². The fourth-order valence-corrected chi connectivity index (χ4v) is 2.20. The number of amides is 1. The lowest BCUT2D eigenvalue weighted by Gasteiger charge is -2.09. The second kappa shape index (κ2) is 8.23. The highest BCUT2D eigenvalue weighted by atomic mass is 16.5. The lowest BCUT2D eigenvalue weighted by Crippen LogP contribution is -2.13. The van der Waals surface area contributed by atoms with Gasteiger partial charge in [0, 0.05) is 11.3 Å². The minimum absolute atomic E-state index is 0.0882. The number of hydrogen-bond acceptors (Lipinski definition) is 2. The maximum absolute atomic E-state index is 12.2. The number of carbonyl (C=O) groups excluding carboxylic acids is 1. The first-order valence-corrected chi connectivity index (χ1v) is 7.80. The van der Waals surface area contributed by atoms with Gasteiger partial charge in [-0.05, 0) is 49.2 Å². The van der Waals surface area contributed by atoms with Gasteiger partial charge >= 0.3 is 0 Å². The van der Waals surface area contributed by atoms with Crippen LogP contribution in [0.4, 0.5) is 5.69 Å². The lowest BCUT2D eigenvalue weighted by molar-refractivity contribution is 0.102. The summed E-state index contributed by atoms with van der Waals surface area (Å²) in [5, 5.41) is 2.91. The normalized spacial score (nSPS) is 10.3. The first kappa shape index (κ1) is 16.1. The predicted molar refractivity (Wildman–Crippen MR) is 90.6 cm³/mol. The van der Waals surface area contributed by atoms with Crippen molar-refractivity contribution < 1.29 is 9.53 Å². The third kappa shape index (κ3) is 4.62. The number of unbranched alkanes of at least 4 members (excludes halogenated alkanes) is 2. The smallest absolute Gasteiger partial charge is 0.255 e. The number of aryl methyl sites for hydroxylation is 1. The monoisotopic (exact) mass is 297 g/mol. The van der Waals surface area contributed by atoms with Gasteiger partial charge in [-0.15, -0.1) is 0 Å². The van der Waals surface area contributed by atoms with Crippen molar-refractivity contribution in [1.29, 1.82) is 0 Å². The largest absolute Gasteiger partial charge is 0.494 e. The van der Waals surface area contributed by atoms with Crippen molar-refractivity contribution in [2.45, 2.75) is 33.1 Å². The summed E-state index contributed by atoms with van der Waals surface area (Å²) < 4.78 is 5.66. The molecule has 0 radical (unpaired) electrons. The summed E-state index contributed by atoms with van der Waals surface area (Å²) in [5.41, 5.74) is 2.44. The molecule has 116 valence electrons. The first-order chi connectivity index (χ1) is 10.7. The van der Waals surface area contributed by atoms with Crippen LogP contribution in [0.2, 0.25) is 0 Å². The van der Waals surface area contributed by atoms with E-state index < -0.39 is 0 Å². The second-order valence-corrected chi connectivity index (χ2v) is 5.35. The van der Waals surface area contributed by atoms with Gasteiger partial charge in [0.1, 0.15) is 5.75 Å². The molecule has 0 aliphatic rings. The van der Waals surface area contributed by atoms with Crippen molar-refractivity contribution in [3.63, 3.8) is 0 Å². The van der Waals surface area contributed by atoms with Gasteiger partial charge in [-0.3, -0.25) is 4.79 Å². The fraction of sp³-hybridized carbons (Fsp3) is 0.316. The van der Waals surface area contributed by atoms with E-state index in [0.717, 1.165) is 30.0 Å². The number of ether oxygens (including phenoxy) is 1. The summed E-state index contributed by atoms with van der Waals surface area (Å²) in [6.07, 6.45) is 3.44. The Kier molecular flexibility index (Phi) is 6.01. The summed E-state index contributed by atoms with van der Waals surface area (Å²) in [6.45, 7) is 4.84. The van der Waals surface area contributed by atoms with Crippen molar-refractivity contribution in [1.82, 2.24) is 0 Å². The number of nitrogens with one attached hydrogen (secondary N) is 1. The topological polar surface area (TPSA) is 38.3 Å². The van der Waals surface area contributed by atoms with Gasteiger partial charge in [-0.2, -0.15) is 0 Å². The van der Waals surface area contributed by atoms with Gasteiger partial charge in [0.2, 0.25) is 0 Å². The van der Waals surface area contributed by atoms with Crippen molar-refractivity contribution in [2.75, 3.05) is 11.9 Å². The Morgan fingerprint density at radius 3 is 2.45 bits per heavy atom. The average Bonchev–Trinajstić information content (AvgIpc) is 2.53. The van der Waals surface area contributed by atoms with Crippen LogP contribution in [0.5, 0.6) is 5.75 Å². The van der Waals surface area contributed by atoms with E-state index in [2.05, 4.69) is 12.2 Å². The van der Waals surface area contributed by atoms with Crippen LogP contribution in [-0.4, -0.2) is 12.5 Å². The van der Waals surface area contributed by atoms with Crippen LogP contribution in [0.25, 0.3) is 0 Å². The maximum Gasteiger partial charge on any atom is 0.255 e. The van der Waals surface area contributed by atoms with E-state index in [-0.39, 0.29) is 5.91 Å². The van der Waals surface area contributed by atoms with Crippen LogP contribution < -0.4 is 10.1 Å². The molecule has 3 heteroatoms. The summed E-state index contributed by atoms with van der Waals surface area (Å²) in [7, 11) is 0. The van der Waals surface area contributed by atoms with Crippen LogP contribution in [-0.2, 0) is 0 Å². The Bertz CT molecular complexity index is 605. The molecule has 0 aromatic heterocycles. The third-order valence-electron chi connectivity index (χ3n) is 3.52. The molecule has 2 aromatic rings. The molecule has 1 N–H and O–H groups in total.